The number of hydrogen-bond acceptors (Lipinski definition) is 5. The third-order valence-corrected chi connectivity index (χ3v) is 2.70. The molecule has 0 aliphatic rings. The molecule has 0 spiro atoms. The number of halogens is 2. The second-order valence-corrected chi connectivity index (χ2v) is 4.21. The first-order valence-electron chi connectivity index (χ1n) is 6.24. The molecule has 8 heteroatoms. The van der Waals surface area contributed by atoms with Crippen molar-refractivity contribution >= 4 is 11.6 Å². The van der Waals surface area contributed by atoms with Crippen LogP contribution in [0.15, 0.2) is 24.4 Å². The Morgan fingerprint density at radius 2 is 2.00 bits per heavy atom. The number of nitrogens with zero attached hydrogens (tertiary/aromatic N) is 3. The van der Waals surface area contributed by atoms with Crippen LogP contribution >= 0.6 is 0 Å². The van der Waals surface area contributed by atoms with E-state index in [0.29, 0.717) is 6.54 Å². The zero-order valence-corrected chi connectivity index (χ0v) is 11.1. The van der Waals surface area contributed by atoms with Gasteiger partial charge < -0.3 is 5.32 Å². The topological polar surface area (TPSA) is 81.0 Å². The van der Waals surface area contributed by atoms with Crippen LogP contribution in [0.4, 0.5) is 20.4 Å². The average Bonchev–Trinajstić information content (AvgIpc) is 2.45. The van der Waals surface area contributed by atoms with E-state index >= 15 is 0 Å². The highest BCUT2D eigenvalue weighted by atomic mass is 19.1. The molecule has 0 saturated heterocycles. The van der Waals surface area contributed by atoms with Crippen molar-refractivity contribution in [1.29, 1.82) is 0 Å². The van der Waals surface area contributed by atoms with Gasteiger partial charge in [0, 0.05) is 6.54 Å². The largest absolute Gasteiger partial charge is 0.354 e. The Balaban J connectivity index is 2.61. The summed E-state index contributed by atoms with van der Waals surface area (Å²) < 4.78 is 27.6. The maximum atomic E-state index is 13.8. The summed E-state index contributed by atoms with van der Waals surface area (Å²) in [4.78, 5) is 17.9. The van der Waals surface area contributed by atoms with E-state index in [9.17, 15) is 18.9 Å². The number of nitro groups is 1. The molecular formula is C13H12F2N4O2. The Morgan fingerprint density at radius 3 is 2.57 bits per heavy atom. The van der Waals surface area contributed by atoms with Gasteiger partial charge in [-0.1, -0.05) is 13.0 Å². The number of hydrogen-bond donors (Lipinski definition) is 1. The lowest BCUT2D eigenvalue weighted by molar-refractivity contribution is -0.384. The average molecular weight is 294 g/mol. The van der Waals surface area contributed by atoms with Crippen molar-refractivity contribution in [2.45, 2.75) is 13.3 Å². The molecular weight excluding hydrogens is 282 g/mol. The minimum atomic E-state index is -0.918. The van der Waals surface area contributed by atoms with Gasteiger partial charge in [-0.3, -0.25) is 10.1 Å². The van der Waals surface area contributed by atoms with Gasteiger partial charge in [-0.15, -0.1) is 0 Å². The Morgan fingerprint density at radius 1 is 1.33 bits per heavy atom. The second kappa shape index (κ2) is 6.21. The molecule has 0 radical (unpaired) electrons. The Bertz CT molecular complexity index is 659. The highest BCUT2D eigenvalue weighted by Gasteiger charge is 2.24. The lowest BCUT2D eigenvalue weighted by Gasteiger charge is -2.08. The zero-order valence-electron chi connectivity index (χ0n) is 11.1. The number of benzene rings is 1. The molecule has 0 saturated carbocycles. The van der Waals surface area contributed by atoms with Crippen LogP contribution in [0.1, 0.15) is 13.3 Å². The van der Waals surface area contributed by atoms with Crippen molar-refractivity contribution in [1.82, 2.24) is 9.97 Å². The van der Waals surface area contributed by atoms with Gasteiger partial charge in [-0.05, 0) is 18.6 Å². The molecule has 1 aromatic carbocycles. The molecule has 0 fully saturated rings. The molecule has 0 amide bonds. The zero-order chi connectivity index (χ0) is 15.4. The lowest BCUT2D eigenvalue weighted by atomic mass is 10.1. The fourth-order valence-corrected chi connectivity index (χ4v) is 1.74. The van der Waals surface area contributed by atoms with E-state index in [0.717, 1.165) is 24.8 Å². The molecule has 6 nitrogen and oxygen atoms in total. The lowest BCUT2D eigenvalue weighted by Crippen LogP contribution is -2.07. The number of aromatic nitrogens is 2. The van der Waals surface area contributed by atoms with Gasteiger partial charge in [0.05, 0.1) is 10.5 Å². The minimum Gasteiger partial charge on any atom is -0.354 e. The first kappa shape index (κ1) is 14.8. The highest BCUT2D eigenvalue weighted by molar-refractivity contribution is 5.71. The van der Waals surface area contributed by atoms with E-state index in [1.54, 1.807) is 0 Å². The van der Waals surface area contributed by atoms with E-state index in [1.807, 2.05) is 6.92 Å². The van der Waals surface area contributed by atoms with Crippen LogP contribution in [0.5, 0.6) is 0 Å². The van der Waals surface area contributed by atoms with E-state index in [4.69, 9.17) is 0 Å². The molecule has 0 unspecified atom stereocenters. The monoisotopic (exact) mass is 294 g/mol. The van der Waals surface area contributed by atoms with E-state index < -0.39 is 27.8 Å². The molecule has 2 rings (SSSR count). The van der Waals surface area contributed by atoms with Crippen LogP contribution in [0.25, 0.3) is 11.3 Å². The van der Waals surface area contributed by atoms with Crippen molar-refractivity contribution < 1.29 is 13.7 Å². The van der Waals surface area contributed by atoms with Crippen molar-refractivity contribution in [2.75, 3.05) is 11.9 Å². The summed E-state index contributed by atoms with van der Waals surface area (Å²) in [5.74, 6) is -1.75. The number of nitrogens with one attached hydrogen (secondary N) is 1. The van der Waals surface area contributed by atoms with Gasteiger partial charge in [0.25, 0.3) is 0 Å². The van der Waals surface area contributed by atoms with Crippen LogP contribution < -0.4 is 5.32 Å². The van der Waals surface area contributed by atoms with Crippen molar-refractivity contribution in [3.8, 4) is 11.3 Å². The summed E-state index contributed by atoms with van der Waals surface area (Å²) in [5.41, 5.74) is -1.48. The Labute approximate surface area is 119 Å². The van der Waals surface area contributed by atoms with Gasteiger partial charge in [-0.2, -0.15) is 0 Å². The molecule has 0 atom stereocenters. The minimum absolute atomic E-state index is 0.0834. The summed E-state index contributed by atoms with van der Waals surface area (Å²) in [6, 6.07) is 3.21. The fraction of sp³-hybridized carbons (Fsp3) is 0.231. The quantitative estimate of drug-likeness (QED) is 0.676. The summed E-state index contributed by atoms with van der Waals surface area (Å²) >= 11 is 0. The molecule has 1 aromatic heterocycles. The SMILES string of the molecule is CCCNc1ncc([N+](=O)[O-])c(-c2c(F)cccc2F)n1. The standard InChI is InChI=1S/C13H12F2N4O2/c1-2-6-16-13-17-7-10(19(20)21)12(18-13)11-8(14)4-3-5-9(11)15/h3-5,7H,2,6H2,1H3,(H,16,17,18). The maximum absolute atomic E-state index is 13.8. The summed E-state index contributed by atoms with van der Waals surface area (Å²) in [6.07, 6.45) is 1.72. The highest BCUT2D eigenvalue weighted by Crippen LogP contribution is 2.32. The van der Waals surface area contributed by atoms with Gasteiger partial charge in [-0.25, -0.2) is 18.7 Å². The van der Waals surface area contributed by atoms with Gasteiger partial charge >= 0.3 is 5.69 Å². The van der Waals surface area contributed by atoms with Gasteiger partial charge in [0.15, 0.2) is 5.69 Å². The number of rotatable bonds is 5. The van der Waals surface area contributed by atoms with E-state index in [-0.39, 0.29) is 11.6 Å². The van der Waals surface area contributed by atoms with Crippen LogP contribution in [0, 0.1) is 21.7 Å². The van der Waals surface area contributed by atoms with Crippen molar-refractivity contribution in [2.24, 2.45) is 0 Å². The smallest absolute Gasteiger partial charge is 0.314 e. The third-order valence-electron chi connectivity index (χ3n) is 2.70. The normalized spacial score (nSPS) is 10.4. The first-order chi connectivity index (χ1) is 10.0. The predicted octanol–water partition coefficient (Wildman–Crippen LogP) is 3.15. The molecule has 0 aliphatic heterocycles. The summed E-state index contributed by atoms with van der Waals surface area (Å²) in [5, 5.41) is 13.8. The van der Waals surface area contributed by atoms with E-state index in [1.165, 1.54) is 6.07 Å². The molecule has 0 bridgehead atoms. The molecule has 110 valence electrons. The van der Waals surface area contributed by atoms with Crippen molar-refractivity contribution in [3.63, 3.8) is 0 Å². The molecule has 1 heterocycles. The summed E-state index contributed by atoms with van der Waals surface area (Å²) in [7, 11) is 0. The van der Waals surface area contributed by atoms with Crippen LogP contribution in [-0.4, -0.2) is 21.4 Å². The van der Waals surface area contributed by atoms with Gasteiger partial charge in [0.1, 0.15) is 17.8 Å². The Hall–Kier alpha value is -2.64. The first-order valence-corrected chi connectivity index (χ1v) is 6.24. The molecule has 21 heavy (non-hydrogen) atoms. The second-order valence-electron chi connectivity index (χ2n) is 4.21. The molecule has 0 aliphatic carbocycles. The predicted molar refractivity (Wildman–Crippen MR) is 72.8 cm³/mol. The molecule has 1 N–H and O–H groups in total. The fourth-order valence-electron chi connectivity index (χ4n) is 1.74. The van der Waals surface area contributed by atoms with E-state index in [2.05, 4.69) is 15.3 Å². The van der Waals surface area contributed by atoms with Crippen molar-refractivity contribution in [3.05, 3.63) is 46.1 Å². The van der Waals surface area contributed by atoms with Crippen LogP contribution in [0.2, 0.25) is 0 Å². The van der Waals surface area contributed by atoms with Crippen LogP contribution in [0.3, 0.4) is 0 Å². The third kappa shape index (κ3) is 3.10. The van der Waals surface area contributed by atoms with Gasteiger partial charge in [0.2, 0.25) is 5.95 Å². The maximum Gasteiger partial charge on any atom is 0.314 e. The van der Waals surface area contributed by atoms with Crippen LogP contribution in [-0.2, 0) is 0 Å². The molecule has 2 aromatic rings. The summed E-state index contributed by atoms with van der Waals surface area (Å²) in [6.45, 7) is 2.45. The number of anilines is 1. The Kier molecular flexibility index (Phi) is 4.36.